The van der Waals surface area contributed by atoms with E-state index in [0.717, 1.165) is 50.5 Å². The number of guanidine groups is 2. The van der Waals surface area contributed by atoms with Gasteiger partial charge in [0, 0.05) is 63.5 Å². The molecule has 0 fully saturated rings. The Labute approximate surface area is 599 Å². The number of aryl methyl sites for hydroxylation is 3. The van der Waals surface area contributed by atoms with Gasteiger partial charge in [-0.3, -0.25) is 24.4 Å². The quantitative estimate of drug-likeness (QED) is 0.0242. The van der Waals surface area contributed by atoms with Crippen LogP contribution >= 0.6 is 24.8 Å². The molecule has 546 valence electrons. The molecule has 0 unspecified atom stereocenters. The number of benzene rings is 6. The highest BCUT2D eigenvalue weighted by molar-refractivity contribution is 6.01. The summed E-state index contributed by atoms with van der Waals surface area (Å²) in [7, 11) is 3.46. The average Bonchev–Trinajstić information content (AvgIpc) is 1.62. The number of alkyl halides is 9. The van der Waals surface area contributed by atoms with E-state index in [1.807, 2.05) is 107 Å². The molecule has 0 spiro atoms. The fourth-order valence-electron chi connectivity index (χ4n) is 12.8. The number of nitrogens with two attached hydrogens (primary N) is 3. The first kappa shape index (κ1) is 78.1. The summed E-state index contributed by atoms with van der Waals surface area (Å²) >= 11 is 0. The van der Waals surface area contributed by atoms with Crippen LogP contribution in [0.2, 0.25) is 0 Å². The van der Waals surface area contributed by atoms with Crippen molar-refractivity contribution in [2.45, 2.75) is 77.2 Å². The van der Waals surface area contributed by atoms with Gasteiger partial charge in [0.25, 0.3) is 17.7 Å². The Bertz CT molecular complexity index is 4560. The molecule has 3 amide bonds. The summed E-state index contributed by atoms with van der Waals surface area (Å²) in [5.74, 6) is -1.05. The number of hydrogen-bond acceptors (Lipinski definition) is 9. The molecule has 19 nitrogen and oxygen atoms in total. The summed E-state index contributed by atoms with van der Waals surface area (Å²) in [5, 5.41) is 14.9. The van der Waals surface area contributed by atoms with Gasteiger partial charge < -0.3 is 71.7 Å². The van der Waals surface area contributed by atoms with E-state index in [-0.39, 0.29) is 83.9 Å². The lowest BCUT2D eigenvalue weighted by Gasteiger charge is -2.29. The zero-order chi connectivity index (χ0) is 72.5. The maximum absolute atomic E-state index is 12.9. The molecule has 3 aliphatic heterocycles. The second-order valence-corrected chi connectivity index (χ2v) is 24.1. The van der Waals surface area contributed by atoms with Crippen molar-refractivity contribution in [2.24, 2.45) is 27.2 Å². The van der Waals surface area contributed by atoms with Crippen LogP contribution < -0.4 is 58.0 Å². The molecule has 3 aliphatic rings. The summed E-state index contributed by atoms with van der Waals surface area (Å²) in [6, 6.07) is 45.6. The Morgan fingerprint density at radius 2 is 0.806 bits per heavy atom. The predicted molar refractivity (Wildman–Crippen MR) is 383 cm³/mol. The Kier molecular flexibility index (Phi) is 25.4. The van der Waals surface area contributed by atoms with Crippen LogP contribution in [0.3, 0.4) is 0 Å². The van der Waals surface area contributed by atoms with E-state index >= 15 is 0 Å². The number of aromatic nitrogens is 3. The predicted octanol–water partition coefficient (Wildman–Crippen LogP) is 14.0. The second-order valence-electron chi connectivity index (χ2n) is 24.1. The summed E-state index contributed by atoms with van der Waals surface area (Å²) in [6.45, 7) is 8.52. The standard InChI is InChI=1S/C26H28F3N5O2.C24H24F3N5O2.C23H22F3N3O2.2ClH/c1-16-6-4-8-18(12-16)23-21(17-7-5-9-20(13-17)36-26(27,28)29)14-22-24(35)33-15-19(34(22)23)10-11-32-25(30-2)31-3;1-14-4-2-6-16(10-14)21-19(15-5-3-7-18(11-15)34-24(25,26)27)12-20-22(33)31-13-17(32(20)21)8-9-30-23(28)29;1-14-4-2-6-16(10-14)21-19(15-5-3-7-18(11-15)31-23(24,25)26)12-20-22(30)28-13-17(8-9-27)29(20)21;;/h4-9,12-14,19H,10-11,15H2,1-3H3,(H,33,35)(H2,30,31,32);2-7,10-12,17H,8-9,13H2,1H3,(H,31,33)(H4,28,29,30);2-7,10-12,17H,8-9,13,27H2,1H3,(H,28,30);2*1H/t19-;2*17-;;/m000../s1. The highest BCUT2D eigenvalue weighted by Gasteiger charge is 2.37. The van der Waals surface area contributed by atoms with E-state index in [2.05, 4.69) is 50.8 Å². The van der Waals surface area contributed by atoms with Gasteiger partial charge in [0.05, 0.1) is 35.2 Å². The van der Waals surface area contributed by atoms with Crippen molar-refractivity contribution < 1.29 is 68.1 Å². The van der Waals surface area contributed by atoms with Gasteiger partial charge in [-0.1, -0.05) is 108 Å². The summed E-state index contributed by atoms with van der Waals surface area (Å²) < 4.78 is 134. The lowest BCUT2D eigenvalue weighted by Crippen LogP contribution is -2.41. The third-order valence-corrected chi connectivity index (χ3v) is 16.9. The first-order chi connectivity index (χ1) is 48.1. The smallest absolute Gasteiger partial charge is 0.406 e. The van der Waals surface area contributed by atoms with Crippen LogP contribution in [-0.4, -0.2) is 116 Å². The number of hydrogen-bond donors (Lipinski definition) is 8. The number of aliphatic imine (C=N–C) groups is 2. The van der Waals surface area contributed by atoms with Gasteiger partial charge in [-0.2, -0.15) is 0 Å². The fraction of sp³-hybridized carbons (Fsp3) is 0.274. The molecule has 0 saturated carbocycles. The van der Waals surface area contributed by atoms with Crippen LogP contribution in [0.5, 0.6) is 17.2 Å². The number of rotatable bonds is 17. The van der Waals surface area contributed by atoms with Crippen molar-refractivity contribution in [1.82, 2.24) is 40.3 Å². The van der Waals surface area contributed by atoms with Crippen LogP contribution in [0.15, 0.2) is 174 Å². The molecular weight excluding hydrogens is 1400 g/mol. The molecule has 6 heterocycles. The van der Waals surface area contributed by atoms with Gasteiger partial charge in [-0.25, -0.2) is 0 Å². The topological polar surface area (TPSA) is 257 Å². The minimum atomic E-state index is -4.81. The fourth-order valence-corrected chi connectivity index (χ4v) is 12.8. The summed E-state index contributed by atoms with van der Waals surface area (Å²) in [5.41, 5.74) is 29.5. The molecule has 0 saturated heterocycles. The number of carbonyl (C=O) groups is 3. The summed E-state index contributed by atoms with van der Waals surface area (Å²) in [4.78, 5) is 46.5. The van der Waals surface area contributed by atoms with Gasteiger partial charge in [0.15, 0.2) is 11.9 Å². The van der Waals surface area contributed by atoms with Crippen molar-refractivity contribution >= 4 is 54.5 Å². The van der Waals surface area contributed by atoms with Crippen LogP contribution in [0.1, 0.15) is 85.5 Å². The van der Waals surface area contributed by atoms with Gasteiger partial charge in [-0.05, 0) is 153 Å². The third-order valence-electron chi connectivity index (χ3n) is 16.9. The molecule has 9 aromatic rings. The average molecular weight is 1470 g/mol. The molecule has 30 heteroatoms. The normalized spacial score (nSPS) is 15.4. The van der Waals surface area contributed by atoms with Gasteiger partial charge in [-0.15, -0.1) is 64.3 Å². The van der Waals surface area contributed by atoms with E-state index in [4.69, 9.17) is 17.2 Å². The minimum Gasteiger partial charge on any atom is -0.406 e. The van der Waals surface area contributed by atoms with Crippen molar-refractivity contribution in [3.05, 3.63) is 198 Å². The highest BCUT2D eigenvalue weighted by atomic mass is 35.5. The molecule has 0 radical (unpaired) electrons. The number of fused-ring (bicyclic) bond motifs is 3. The van der Waals surface area contributed by atoms with E-state index in [1.165, 1.54) is 54.6 Å². The molecule has 12 rings (SSSR count). The van der Waals surface area contributed by atoms with E-state index in [1.54, 1.807) is 50.5 Å². The monoisotopic (exact) mass is 1470 g/mol. The zero-order valence-corrected chi connectivity index (χ0v) is 58.0. The Morgan fingerprint density at radius 3 is 1.11 bits per heavy atom. The molecule has 103 heavy (non-hydrogen) atoms. The van der Waals surface area contributed by atoms with E-state index in [9.17, 15) is 53.9 Å². The van der Waals surface area contributed by atoms with E-state index in [0.29, 0.717) is 115 Å². The van der Waals surface area contributed by atoms with Crippen LogP contribution in [0.4, 0.5) is 39.5 Å². The number of nitrogens with one attached hydrogen (secondary N) is 5. The second kappa shape index (κ2) is 33.5. The number of carbonyl (C=O) groups excluding carboxylic acids is 3. The van der Waals surface area contributed by atoms with Gasteiger partial charge >= 0.3 is 19.1 Å². The van der Waals surface area contributed by atoms with E-state index < -0.39 is 19.1 Å². The van der Waals surface area contributed by atoms with Crippen molar-refractivity contribution in [3.8, 4) is 84.4 Å². The van der Waals surface area contributed by atoms with Crippen molar-refractivity contribution in [3.63, 3.8) is 0 Å². The largest absolute Gasteiger partial charge is 0.573 e. The zero-order valence-electron chi connectivity index (χ0n) is 56.3. The van der Waals surface area contributed by atoms with Crippen molar-refractivity contribution in [2.75, 3.05) is 53.4 Å². The molecular formula is C73H76Cl2F9N13O6. The SMILES string of the molecule is CN=C(NC)NCC[C@H]1CNC(=O)c2cc(-c3cccc(OC(F)(F)F)c3)c(-c3cccc(C)c3)n21.Cc1cccc(-c2c(-c3cccc(OC(F)(F)F)c3)cc3n2[C@@H](CCN)CNC3=O)c1.Cc1cccc(-c2c(-c3cccc(OC(F)(F)F)c3)cc3n2[C@@H](CCN=C(N)N)CNC3=O)c1.Cl.Cl. The maximum atomic E-state index is 12.9. The highest BCUT2D eigenvalue weighted by Crippen LogP contribution is 2.45. The molecule has 3 atom stereocenters. The van der Waals surface area contributed by atoms with Gasteiger partial charge in [0.2, 0.25) is 0 Å². The third kappa shape index (κ3) is 19.3. The molecule has 11 N–H and O–H groups in total. The Hall–Kier alpha value is -10.6. The van der Waals surface area contributed by atoms with Crippen molar-refractivity contribution in [1.29, 1.82) is 0 Å². The first-order valence-corrected chi connectivity index (χ1v) is 32.1. The first-order valence-electron chi connectivity index (χ1n) is 32.1. The number of amides is 3. The molecule has 0 aliphatic carbocycles. The summed E-state index contributed by atoms with van der Waals surface area (Å²) in [6.07, 6.45) is -12.5. The molecule has 3 aromatic heterocycles. The Morgan fingerprint density at radius 1 is 0.485 bits per heavy atom. The van der Waals surface area contributed by atoms with Crippen LogP contribution in [0.25, 0.3) is 67.2 Å². The minimum absolute atomic E-state index is 0. The van der Waals surface area contributed by atoms with Crippen LogP contribution in [0, 0.1) is 20.8 Å². The van der Waals surface area contributed by atoms with Crippen LogP contribution in [-0.2, 0) is 0 Å². The number of ether oxygens (including phenoxy) is 3. The van der Waals surface area contributed by atoms with Gasteiger partial charge in [0.1, 0.15) is 34.3 Å². The molecule has 6 aromatic carbocycles. The lowest BCUT2D eigenvalue weighted by molar-refractivity contribution is -0.275. The molecule has 0 bridgehead atoms. The Balaban J connectivity index is 0.000000194. The maximum Gasteiger partial charge on any atom is 0.573 e. The number of halogens is 11. The number of nitrogens with zero attached hydrogens (tertiary/aromatic N) is 5. The lowest BCUT2D eigenvalue weighted by atomic mass is 9.99.